The molecule has 0 saturated carbocycles. The van der Waals surface area contributed by atoms with Crippen LogP contribution in [0.25, 0.3) is 0 Å². The Balaban J connectivity index is 1.97. The maximum Gasteiger partial charge on any atom is 0.193 e. The molecule has 0 radical (unpaired) electrons. The lowest BCUT2D eigenvalue weighted by molar-refractivity contribution is 0.184. The zero-order chi connectivity index (χ0) is 15.1. The average molecular weight is 289 g/mol. The Hall–Kier alpha value is -1.55. The van der Waals surface area contributed by atoms with Gasteiger partial charge in [0.25, 0.3) is 0 Å². The number of rotatable bonds is 4. The molecule has 0 spiro atoms. The first-order chi connectivity index (χ1) is 10.2. The number of benzene rings is 1. The zero-order valence-electron chi connectivity index (χ0n) is 13.4. The van der Waals surface area contributed by atoms with Gasteiger partial charge in [-0.3, -0.25) is 4.99 Å². The number of aliphatic imine (C=N–C) groups is 1. The van der Waals surface area contributed by atoms with Crippen LogP contribution in [0.2, 0.25) is 0 Å². The second kappa shape index (κ2) is 8.03. The van der Waals surface area contributed by atoms with Gasteiger partial charge in [0.2, 0.25) is 0 Å². The number of guanidine groups is 1. The first-order valence-corrected chi connectivity index (χ1v) is 7.76. The molecule has 0 aromatic heterocycles. The third-order valence-electron chi connectivity index (χ3n) is 4.02. The molecule has 0 amide bonds. The Labute approximate surface area is 128 Å². The van der Waals surface area contributed by atoms with E-state index in [0.29, 0.717) is 6.61 Å². The van der Waals surface area contributed by atoms with Gasteiger partial charge in [0, 0.05) is 33.8 Å². The van der Waals surface area contributed by atoms with Gasteiger partial charge >= 0.3 is 0 Å². The summed E-state index contributed by atoms with van der Waals surface area (Å²) in [6, 6.07) is 8.39. The van der Waals surface area contributed by atoms with Crippen LogP contribution >= 0.6 is 0 Å². The summed E-state index contributed by atoms with van der Waals surface area (Å²) < 4.78 is 5.26. The minimum absolute atomic E-state index is 0.650. The van der Waals surface area contributed by atoms with Crippen molar-refractivity contribution in [3.05, 3.63) is 35.4 Å². The highest BCUT2D eigenvalue weighted by Crippen LogP contribution is 2.16. The first-order valence-electron chi connectivity index (χ1n) is 7.76. The lowest BCUT2D eigenvalue weighted by Crippen LogP contribution is -2.45. The van der Waals surface area contributed by atoms with Gasteiger partial charge in [-0.05, 0) is 29.9 Å². The summed E-state index contributed by atoms with van der Waals surface area (Å²) in [6.07, 6.45) is 2.58. The van der Waals surface area contributed by atoms with Gasteiger partial charge in [-0.25, -0.2) is 0 Å². The van der Waals surface area contributed by atoms with E-state index < -0.39 is 0 Å². The molecule has 4 nitrogen and oxygen atoms in total. The van der Waals surface area contributed by atoms with Crippen molar-refractivity contribution in [2.24, 2.45) is 10.9 Å². The molecule has 1 unspecified atom stereocenters. The Morgan fingerprint density at radius 1 is 1.38 bits per heavy atom. The smallest absolute Gasteiger partial charge is 0.193 e. The van der Waals surface area contributed by atoms with Crippen LogP contribution < -0.4 is 5.32 Å². The minimum atomic E-state index is 0.650. The van der Waals surface area contributed by atoms with E-state index in [1.807, 2.05) is 7.05 Å². The average Bonchev–Trinajstić information content (AvgIpc) is 2.50. The fourth-order valence-electron chi connectivity index (χ4n) is 2.91. The summed E-state index contributed by atoms with van der Waals surface area (Å²) in [5, 5.41) is 3.50. The second-order valence-corrected chi connectivity index (χ2v) is 5.80. The van der Waals surface area contributed by atoms with E-state index in [9.17, 15) is 0 Å². The van der Waals surface area contributed by atoms with Crippen molar-refractivity contribution in [2.75, 3.05) is 27.2 Å². The van der Waals surface area contributed by atoms with Gasteiger partial charge in [-0.15, -0.1) is 0 Å². The van der Waals surface area contributed by atoms with E-state index in [4.69, 9.17) is 4.74 Å². The number of piperidine rings is 1. The molecular formula is C17H27N3O. The molecule has 1 aliphatic heterocycles. The maximum atomic E-state index is 5.26. The van der Waals surface area contributed by atoms with E-state index in [2.05, 4.69) is 46.4 Å². The zero-order valence-corrected chi connectivity index (χ0v) is 13.4. The molecule has 2 rings (SSSR count). The molecule has 116 valence electrons. The highest BCUT2D eigenvalue weighted by molar-refractivity contribution is 5.80. The third-order valence-corrected chi connectivity index (χ3v) is 4.02. The fraction of sp³-hybridized carbons (Fsp3) is 0.588. The molecular weight excluding hydrogens is 262 g/mol. The van der Waals surface area contributed by atoms with E-state index in [-0.39, 0.29) is 0 Å². The predicted molar refractivity (Wildman–Crippen MR) is 87.3 cm³/mol. The molecule has 1 fully saturated rings. The van der Waals surface area contributed by atoms with Crippen molar-refractivity contribution in [2.45, 2.75) is 32.9 Å². The van der Waals surface area contributed by atoms with Crippen molar-refractivity contribution in [3.63, 3.8) is 0 Å². The summed E-state index contributed by atoms with van der Waals surface area (Å²) in [4.78, 5) is 6.81. The first kappa shape index (κ1) is 15.8. The van der Waals surface area contributed by atoms with Crippen LogP contribution in [-0.2, 0) is 17.9 Å². The van der Waals surface area contributed by atoms with Crippen molar-refractivity contribution < 1.29 is 4.74 Å². The molecule has 1 aliphatic rings. The number of methoxy groups -OCH3 is 1. The number of nitrogens with zero attached hydrogens (tertiary/aromatic N) is 2. The van der Waals surface area contributed by atoms with Gasteiger partial charge in [0.15, 0.2) is 5.96 Å². The Bertz CT molecular complexity index is 473. The van der Waals surface area contributed by atoms with Crippen LogP contribution in [0.5, 0.6) is 0 Å². The number of hydrogen-bond acceptors (Lipinski definition) is 2. The Morgan fingerprint density at radius 2 is 2.14 bits per heavy atom. The molecule has 0 bridgehead atoms. The SMILES string of the molecule is CN=C(NCc1ccccc1COC)N1CCCC(C)C1. The van der Waals surface area contributed by atoms with Gasteiger partial charge in [-0.2, -0.15) is 0 Å². The molecule has 21 heavy (non-hydrogen) atoms. The van der Waals surface area contributed by atoms with Gasteiger partial charge in [0.05, 0.1) is 6.61 Å². The van der Waals surface area contributed by atoms with E-state index in [0.717, 1.165) is 31.5 Å². The third kappa shape index (κ3) is 4.46. The molecule has 4 heteroatoms. The maximum absolute atomic E-state index is 5.26. The largest absolute Gasteiger partial charge is 0.380 e. The summed E-state index contributed by atoms with van der Waals surface area (Å²) >= 11 is 0. The summed E-state index contributed by atoms with van der Waals surface area (Å²) in [5.41, 5.74) is 2.50. The summed E-state index contributed by atoms with van der Waals surface area (Å²) in [7, 11) is 3.60. The normalized spacial score (nSPS) is 19.7. The molecule has 0 aliphatic carbocycles. The lowest BCUT2D eigenvalue weighted by Gasteiger charge is -2.33. The molecule has 1 aromatic carbocycles. The van der Waals surface area contributed by atoms with E-state index in [1.165, 1.54) is 24.0 Å². The summed E-state index contributed by atoms with van der Waals surface area (Å²) in [5.74, 6) is 1.76. The van der Waals surface area contributed by atoms with Crippen LogP contribution in [-0.4, -0.2) is 38.1 Å². The topological polar surface area (TPSA) is 36.9 Å². The molecule has 1 saturated heterocycles. The Kier molecular flexibility index (Phi) is 6.05. The molecule has 1 N–H and O–H groups in total. The van der Waals surface area contributed by atoms with Crippen molar-refractivity contribution >= 4 is 5.96 Å². The number of likely N-dealkylation sites (tertiary alicyclic amines) is 1. The predicted octanol–water partition coefficient (Wildman–Crippen LogP) is 2.64. The van der Waals surface area contributed by atoms with Crippen LogP contribution in [0.15, 0.2) is 29.3 Å². The van der Waals surface area contributed by atoms with E-state index >= 15 is 0 Å². The van der Waals surface area contributed by atoms with Gasteiger partial charge < -0.3 is 15.0 Å². The van der Waals surface area contributed by atoms with E-state index in [1.54, 1.807) is 7.11 Å². The number of nitrogens with one attached hydrogen (secondary N) is 1. The highest BCUT2D eigenvalue weighted by atomic mass is 16.5. The lowest BCUT2D eigenvalue weighted by atomic mass is 10.0. The van der Waals surface area contributed by atoms with Crippen LogP contribution in [0, 0.1) is 5.92 Å². The van der Waals surface area contributed by atoms with Crippen LogP contribution in [0.4, 0.5) is 0 Å². The summed E-state index contributed by atoms with van der Waals surface area (Å²) in [6.45, 7) is 5.95. The van der Waals surface area contributed by atoms with Crippen LogP contribution in [0.3, 0.4) is 0 Å². The standard InChI is InChI=1S/C17H27N3O/c1-14-7-6-10-20(12-14)17(18-2)19-11-15-8-4-5-9-16(15)13-21-3/h4-5,8-9,14H,6-7,10-13H2,1-3H3,(H,18,19). The second-order valence-electron chi connectivity index (χ2n) is 5.80. The minimum Gasteiger partial charge on any atom is -0.380 e. The van der Waals surface area contributed by atoms with Crippen molar-refractivity contribution in [3.8, 4) is 0 Å². The van der Waals surface area contributed by atoms with Crippen LogP contribution in [0.1, 0.15) is 30.9 Å². The molecule has 1 heterocycles. The molecule has 1 atom stereocenters. The monoisotopic (exact) mass is 289 g/mol. The fourth-order valence-corrected chi connectivity index (χ4v) is 2.91. The molecule has 1 aromatic rings. The number of hydrogen-bond donors (Lipinski definition) is 1. The Morgan fingerprint density at radius 3 is 2.81 bits per heavy atom. The van der Waals surface area contributed by atoms with Crippen molar-refractivity contribution in [1.29, 1.82) is 0 Å². The number of ether oxygens (including phenoxy) is 1. The quantitative estimate of drug-likeness (QED) is 0.684. The van der Waals surface area contributed by atoms with Gasteiger partial charge in [-0.1, -0.05) is 31.2 Å². The van der Waals surface area contributed by atoms with Crippen molar-refractivity contribution in [1.82, 2.24) is 10.2 Å². The highest BCUT2D eigenvalue weighted by Gasteiger charge is 2.19. The van der Waals surface area contributed by atoms with Gasteiger partial charge in [0.1, 0.15) is 0 Å².